The Kier molecular flexibility index (Phi) is 8.00. The Morgan fingerprint density at radius 1 is 1.03 bits per heavy atom. The monoisotopic (exact) mass is 559 g/mol. The van der Waals surface area contributed by atoms with Crippen LogP contribution in [0.5, 0.6) is 0 Å². The quantitative estimate of drug-likeness (QED) is 0.350. The van der Waals surface area contributed by atoms with Crippen LogP contribution < -0.4 is 5.32 Å². The van der Waals surface area contributed by atoms with Crippen molar-refractivity contribution in [3.8, 4) is 0 Å². The van der Waals surface area contributed by atoms with Gasteiger partial charge in [-0.2, -0.15) is 13.2 Å². The molecule has 3 atom stereocenters. The van der Waals surface area contributed by atoms with E-state index < -0.39 is 46.5 Å². The molecule has 1 aliphatic rings. The van der Waals surface area contributed by atoms with Gasteiger partial charge in [0.05, 0.1) is 22.5 Å². The highest BCUT2D eigenvalue weighted by molar-refractivity contribution is 6.33. The van der Waals surface area contributed by atoms with Gasteiger partial charge in [0.25, 0.3) is 0 Å². The van der Waals surface area contributed by atoms with Crippen LogP contribution in [-0.4, -0.2) is 28.8 Å². The second-order valence-corrected chi connectivity index (χ2v) is 11.5. The molecule has 0 spiro atoms. The summed E-state index contributed by atoms with van der Waals surface area (Å²) in [6.07, 6.45) is -3.87. The zero-order chi connectivity index (χ0) is 28.0. The van der Waals surface area contributed by atoms with Gasteiger partial charge in [0.1, 0.15) is 16.6 Å². The number of hydrogen-bond acceptors (Lipinski definition) is 4. The second-order valence-electron chi connectivity index (χ2n) is 10.7. The number of amides is 1. The van der Waals surface area contributed by atoms with Crippen LogP contribution in [0.2, 0.25) is 10.0 Å². The number of halogens is 5. The lowest BCUT2D eigenvalue weighted by molar-refractivity contribution is -0.178. The molecule has 0 heterocycles. The fraction of sp³-hybridized carbons (Fsp3) is 0.481. The first-order valence-electron chi connectivity index (χ1n) is 11.8. The average Bonchev–Trinajstić information content (AvgIpc) is 3.57. The van der Waals surface area contributed by atoms with E-state index in [1.807, 2.05) is 0 Å². The SMILES string of the molecule is C[C@H](C(C(=O)Nc1cc(C(C)(O)C2(C(=O)OC(C)(C)C)CC2)ccc1Cl)c1ccc(Cl)cc1)C(F)(F)F. The number of rotatable bonds is 7. The number of alkyl halides is 3. The van der Waals surface area contributed by atoms with Crippen molar-refractivity contribution in [1.82, 2.24) is 0 Å². The fourth-order valence-electron chi connectivity index (χ4n) is 4.33. The Morgan fingerprint density at radius 3 is 2.08 bits per heavy atom. The summed E-state index contributed by atoms with van der Waals surface area (Å²) in [5, 5.41) is 14.4. The lowest BCUT2D eigenvalue weighted by atomic mass is 9.79. The second kappa shape index (κ2) is 10.1. The molecule has 0 saturated heterocycles. The fourth-order valence-corrected chi connectivity index (χ4v) is 4.62. The summed E-state index contributed by atoms with van der Waals surface area (Å²) in [4.78, 5) is 26.2. The molecule has 1 amide bonds. The summed E-state index contributed by atoms with van der Waals surface area (Å²) in [7, 11) is 0. The van der Waals surface area contributed by atoms with E-state index in [0.29, 0.717) is 17.9 Å². The van der Waals surface area contributed by atoms with Gasteiger partial charge in [-0.15, -0.1) is 0 Å². The largest absolute Gasteiger partial charge is 0.459 e. The molecular weight excluding hydrogens is 530 g/mol. The lowest BCUT2D eigenvalue weighted by Gasteiger charge is -2.34. The van der Waals surface area contributed by atoms with Crippen LogP contribution in [0.1, 0.15) is 64.5 Å². The van der Waals surface area contributed by atoms with Gasteiger partial charge >= 0.3 is 12.1 Å². The number of aliphatic hydroxyl groups is 1. The molecule has 0 aromatic heterocycles. The molecule has 1 saturated carbocycles. The molecule has 0 radical (unpaired) electrons. The van der Waals surface area contributed by atoms with Gasteiger partial charge in [-0.3, -0.25) is 9.59 Å². The smallest absolute Gasteiger partial charge is 0.392 e. The van der Waals surface area contributed by atoms with Crippen molar-refractivity contribution in [2.45, 2.75) is 70.8 Å². The highest BCUT2D eigenvalue weighted by atomic mass is 35.5. The van der Waals surface area contributed by atoms with Crippen molar-refractivity contribution in [1.29, 1.82) is 0 Å². The molecule has 3 rings (SSSR count). The Hall–Kier alpha value is -2.29. The predicted molar refractivity (Wildman–Crippen MR) is 137 cm³/mol. The normalized spacial score (nSPS) is 18.4. The maximum Gasteiger partial charge on any atom is 0.392 e. The van der Waals surface area contributed by atoms with Crippen LogP contribution in [-0.2, 0) is 19.9 Å². The van der Waals surface area contributed by atoms with Crippen LogP contribution in [0.3, 0.4) is 0 Å². The van der Waals surface area contributed by atoms with Gasteiger partial charge in [0.15, 0.2) is 0 Å². The van der Waals surface area contributed by atoms with Crippen molar-refractivity contribution >= 4 is 40.8 Å². The highest BCUT2D eigenvalue weighted by Gasteiger charge is 2.64. The van der Waals surface area contributed by atoms with E-state index in [1.54, 1.807) is 20.8 Å². The predicted octanol–water partition coefficient (Wildman–Crippen LogP) is 7.24. The van der Waals surface area contributed by atoms with Gasteiger partial charge in [-0.1, -0.05) is 48.3 Å². The molecule has 202 valence electrons. The van der Waals surface area contributed by atoms with Crippen LogP contribution in [0.25, 0.3) is 0 Å². The zero-order valence-corrected chi connectivity index (χ0v) is 22.7. The summed E-state index contributed by atoms with van der Waals surface area (Å²) in [6, 6.07) is 9.87. The van der Waals surface area contributed by atoms with Crippen molar-refractivity contribution < 1.29 is 32.6 Å². The molecule has 2 unspecified atom stereocenters. The molecule has 5 nitrogen and oxygen atoms in total. The standard InChI is InChI=1S/C27H30Cl2F3NO4/c1-15(27(30,31)32)21(16-6-9-18(28)10-7-16)22(34)33-20-14-17(8-11-19(20)29)25(5,36)26(12-13-26)23(35)37-24(2,3)4/h6-11,14-15,21,36H,12-13H2,1-5H3,(H,33,34)/t15-,21?,25?/m1/s1. The number of esters is 1. The number of carbonyl (C=O) groups is 2. The average molecular weight is 560 g/mol. The number of hydrogen-bond donors (Lipinski definition) is 2. The third-order valence-corrected chi connectivity index (χ3v) is 7.37. The van der Waals surface area contributed by atoms with Crippen LogP contribution >= 0.6 is 23.2 Å². The summed E-state index contributed by atoms with van der Waals surface area (Å²) in [6.45, 7) is 7.58. The Labute approximate surface area is 224 Å². The number of nitrogens with one attached hydrogen (secondary N) is 1. The first kappa shape index (κ1) is 29.3. The Morgan fingerprint density at radius 2 is 1.59 bits per heavy atom. The van der Waals surface area contributed by atoms with Crippen molar-refractivity contribution in [3.05, 3.63) is 63.6 Å². The van der Waals surface area contributed by atoms with Crippen LogP contribution in [0.15, 0.2) is 42.5 Å². The topological polar surface area (TPSA) is 75.6 Å². The van der Waals surface area contributed by atoms with E-state index >= 15 is 0 Å². The maximum atomic E-state index is 13.7. The molecule has 2 aromatic rings. The van der Waals surface area contributed by atoms with E-state index in [2.05, 4.69) is 5.32 Å². The van der Waals surface area contributed by atoms with Gasteiger partial charge in [-0.05, 0) is 75.9 Å². The van der Waals surface area contributed by atoms with Gasteiger partial charge in [-0.25, -0.2) is 0 Å². The third kappa shape index (κ3) is 6.24. The van der Waals surface area contributed by atoms with E-state index in [9.17, 15) is 27.9 Å². The Balaban J connectivity index is 1.95. The third-order valence-electron chi connectivity index (χ3n) is 6.79. The number of benzene rings is 2. The number of anilines is 1. The first-order chi connectivity index (χ1) is 16.9. The van der Waals surface area contributed by atoms with Crippen molar-refractivity contribution in [2.75, 3.05) is 5.32 Å². The molecular formula is C27H30Cl2F3NO4. The molecule has 1 aliphatic carbocycles. The van der Waals surface area contributed by atoms with Gasteiger partial charge < -0.3 is 15.2 Å². The summed E-state index contributed by atoms with van der Waals surface area (Å²) in [5.41, 5.74) is -3.22. The van der Waals surface area contributed by atoms with Crippen LogP contribution in [0.4, 0.5) is 18.9 Å². The minimum absolute atomic E-state index is 0.0118. The first-order valence-corrected chi connectivity index (χ1v) is 12.5. The van der Waals surface area contributed by atoms with E-state index in [4.69, 9.17) is 27.9 Å². The van der Waals surface area contributed by atoms with Crippen molar-refractivity contribution in [2.24, 2.45) is 11.3 Å². The summed E-state index contributed by atoms with van der Waals surface area (Å²) >= 11 is 12.2. The molecule has 2 aromatic carbocycles. The van der Waals surface area contributed by atoms with E-state index in [0.717, 1.165) is 6.92 Å². The molecule has 0 bridgehead atoms. The summed E-state index contributed by atoms with van der Waals surface area (Å²) in [5.74, 6) is -5.08. The molecule has 37 heavy (non-hydrogen) atoms. The highest BCUT2D eigenvalue weighted by Crippen LogP contribution is 2.59. The Bertz CT molecular complexity index is 1170. The minimum Gasteiger partial charge on any atom is -0.459 e. The number of carbonyl (C=O) groups excluding carboxylic acids is 2. The minimum atomic E-state index is -4.65. The summed E-state index contributed by atoms with van der Waals surface area (Å²) < 4.78 is 46.6. The lowest BCUT2D eigenvalue weighted by Crippen LogP contribution is -2.42. The molecule has 0 aliphatic heterocycles. The van der Waals surface area contributed by atoms with Crippen molar-refractivity contribution in [3.63, 3.8) is 0 Å². The maximum absolute atomic E-state index is 13.7. The molecule has 10 heteroatoms. The zero-order valence-electron chi connectivity index (χ0n) is 21.2. The number of ether oxygens (including phenoxy) is 1. The van der Waals surface area contributed by atoms with Gasteiger partial charge in [0, 0.05) is 5.02 Å². The van der Waals surface area contributed by atoms with E-state index in [-0.39, 0.29) is 21.8 Å². The molecule has 1 fully saturated rings. The van der Waals surface area contributed by atoms with E-state index in [1.165, 1.54) is 49.4 Å². The van der Waals surface area contributed by atoms with Crippen LogP contribution in [0, 0.1) is 11.3 Å². The van der Waals surface area contributed by atoms with Gasteiger partial charge in [0.2, 0.25) is 5.91 Å². The molecule has 2 N–H and O–H groups in total.